The first kappa shape index (κ1) is 11.0. The molecule has 1 aromatic rings. The number of hydrogen-bond acceptors (Lipinski definition) is 4. The molecule has 0 saturated heterocycles. The van der Waals surface area contributed by atoms with Crippen LogP contribution in [0.4, 0.5) is 11.6 Å². The van der Waals surface area contributed by atoms with Crippen LogP contribution in [-0.4, -0.2) is 16.0 Å². The molecule has 3 N–H and O–H groups in total. The van der Waals surface area contributed by atoms with E-state index in [9.17, 15) is 0 Å². The average molecular weight is 215 g/mol. The molecule has 0 aliphatic heterocycles. The molecule has 5 heteroatoms. The number of aromatic nitrogens is 2. The molecule has 0 unspecified atom stereocenters. The van der Waals surface area contributed by atoms with Gasteiger partial charge >= 0.3 is 0 Å². The third kappa shape index (κ3) is 3.03. The highest BCUT2D eigenvalue weighted by molar-refractivity contribution is 6.28. The summed E-state index contributed by atoms with van der Waals surface area (Å²) < 4.78 is 0. The fourth-order valence-corrected chi connectivity index (χ4v) is 1.10. The third-order valence-electron chi connectivity index (χ3n) is 2.09. The largest absolute Gasteiger partial charge is 0.383 e. The van der Waals surface area contributed by atoms with E-state index < -0.39 is 0 Å². The van der Waals surface area contributed by atoms with Crippen molar-refractivity contribution >= 4 is 23.2 Å². The lowest BCUT2D eigenvalue weighted by molar-refractivity contribution is 0.558. The van der Waals surface area contributed by atoms with Gasteiger partial charge in [0.2, 0.25) is 5.28 Å². The first-order valence-corrected chi connectivity index (χ1v) is 4.93. The Morgan fingerprint density at radius 3 is 2.50 bits per heavy atom. The van der Waals surface area contributed by atoms with Gasteiger partial charge in [0.15, 0.2) is 0 Å². The maximum atomic E-state index is 5.67. The maximum absolute atomic E-state index is 5.67. The van der Waals surface area contributed by atoms with E-state index in [0.29, 0.717) is 23.6 Å². The van der Waals surface area contributed by atoms with E-state index in [1.54, 1.807) is 6.07 Å². The highest BCUT2D eigenvalue weighted by atomic mass is 35.5. The summed E-state index contributed by atoms with van der Waals surface area (Å²) in [5.74, 6) is 1.57. The van der Waals surface area contributed by atoms with E-state index in [0.717, 1.165) is 0 Å². The molecule has 1 atom stereocenters. The van der Waals surface area contributed by atoms with Gasteiger partial charge in [-0.15, -0.1) is 0 Å². The van der Waals surface area contributed by atoms with E-state index in [1.807, 2.05) is 0 Å². The Kier molecular flexibility index (Phi) is 3.52. The minimum Gasteiger partial charge on any atom is -0.383 e. The van der Waals surface area contributed by atoms with Crippen LogP contribution in [0.2, 0.25) is 5.28 Å². The van der Waals surface area contributed by atoms with Crippen LogP contribution in [0.15, 0.2) is 6.07 Å². The van der Waals surface area contributed by atoms with Gasteiger partial charge in [-0.25, -0.2) is 9.97 Å². The second-order valence-electron chi connectivity index (χ2n) is 3.62. The Morgan fingerprint density at radius 2 is 2.00 bits per heavy atom. The molecular weight excluding hydrogens is 200 g/mol. The summed E-state index contributed by atoms with van der Waals surface area (Å²) in [6.45, 7) is 6.34. The first-order valence-electron chi connectivity index (χ1n) is 4.55. The first-order chi connectivity index (χ1) is 6.49. The Morgan fingerprint density at radius 1 is 1.36 bits per heavy atom. The number of nitrogens with zero attached hydrogens (tertiary/aromatic N) is 2. The summed E-state index contributed by atoms with van der Waals surface area (Å²) in [5, 5.41) is 3.38. The number of nitrogens with two attached hydrogens (primary N) is 1. The van der Waals surface area contributed by atoms with Crippen molar-refractivity contribution in [3.63, 3.8) is 0 Å². The summed E-state index contributed by atoms with van der Waals surface area (Å²) in [7, 11) is 0. The molecule has 0 bridgehead atoms. The molecule has 0 amide bonds. The van der Waals surface area contributed by atoms with Gasteiger partial charge in [-0.2, -0.15) is 0 Å². The van der Waals surface area contributed by atoms with Gasteiger partial charge < -0.3 is 11.1 Å². The van der Waals surface area contributed by atoms with Crippen LogP contribution in [0.1, 0.15) is 20.8 Å². The van der Waals surface area contributed by atoms with Crippen LogP contribution in [0, 0.1) is 5.92 Å². The summed E-state index contributed by atoms with van der Waals surface area (Å²) in [6.07, 6.45) is 0. The van der Waals surface area contributed by atoms with E-state index >= 15 is 0 Å². The van der Waals surface area contributed by atoms with Crippen LogP contribution in [0.5, 0.6) is 0 Å². The molecule has 1 aromatic heterocycles. The van der Waals surface area contributed by atoms with E-state index in [2.05, 4.69) is 36.1 Å². The molecule has 0 radical (unpaired) electrons. The molecule has 0 aliphatic rings. The topological polar surface area (TPSA) is 63.8 Å². The van der Waals surface area contributed by atoms with Crippen LogP contribution in [0.25, 0.3) is 0 Å². The maximum Gasteiger partial charge on any atom is 0.226 e. The molecule has 0 aliphatic carbocycles. The number of halogens is 1. The zero-order chi connectivity index (χ0) is 10.7. The number of nitrogens with one attached hydrogen (secondary N) is 1. The van der Waals surface area contributed by atoms with Gasteiger partial charge in [0.1, 0.15) is 11.6 Å². The van der Waals surface area contributed by atoms with E-state index in [4.69, 9.17) is 17.3 Å². The summed E-state index contributed by atoms with van der Waals surface area (Å²) in [5.41, 5.74) is 5.54. The van der Waals surface area contributed by atoms with Gasteiger partial charge in [0.25, 0.3) is 0 Å². The van der Waals surface area contributed by atoms with Gasteiger partial charge in [-0.3, -0.25) is 0 Å². The summed E-state index contributed by atoms with van der Waals surface area (Å²) >= 11 is 5.67. The standard InChI is InChI=1S/C9H15ClN4/c1-5(2)6(3)12-8-4-7(11)13-9(10)14-8/h4-6H,1-3H3,(H3,11,12,13,14)/t6-/m1/s1. The van der Waals surface area contributed by atoms with Crippen molar-refractivity contribution in [3.05, 3.63) is 11.3 Å². The predicted molar refractivity (Wildman–Crippen MR) is 59.4 cm³/mol. The van der Waals surface area contributed by atoms with Crippen molar-refractivity contribution in [2.45, 2.75) is 26.8 Å². The number of nitrogen functional groups attached to an aromatic ring is 1. The molecule has 78 valence electrons. The number of rotatable bonds is 3. The lowest BCUT2D eigenvalue weighted by Crippen LogP contribution is -2.22. The highest BCUT2D eigenvalue weighted by Gasteiger charge is 2.08. The van der Waals surface area contributed by atoms with Crippen LogP contribution in [-0.2, 0) is 0 Å². The van der Waals surface area contributed by atoms with Crippen LogP contribution >= 0.6 is 11.6 Å². The van der Waals surface area contributed by atoms with Crippen LogP contribution in [0.3, 0.4) is 0 Å². The van der Waals surface area contributed by atoms with Crippen LogP contribution < -0.4 is 11.1 Å². The third-order valence-corrected chi connectivity index (χ3v) is 2.26. The van der Waals surface area contributed by atoms with Crippen molar-refractivity contribution in [1.82, 2.24) is 9.97 Å². The summed E-state index contributed by atoms with van der Waals surface area (Å²) in [4.78, 5) is 7.80. The molecule has 1 rings (SSSR count). The van der Waals surface area contributed by atoms with Crippen molar-refractivity contribution in [1.29, 1.82) is 0 Å². The molecular formula is C9H15ClN4. The van der Waals surface area contributed by atoms with E-state index in [-0.39, 0.29) is 5.28 Å². The highest BCUT2D eigenvalue weighted by Crippen LogP contribution is 2.14. The minimum absolute atomic E-state index is 0.170. The predicted octanol–water partition coefficient (Wildman–Crippen LogP) is 2.17. The molecule has 14 heavy (non-hydrogen) atoms. The quantitative estimate of drug-likeness (QED) is 0.757. The monoisotopic (exact) mass is 214 g/mol. The van der Waals surface area contributed by atoms with Gasteiger partial charge in [0.05, 0.1) is 0 Å². The molecule has 0 saturated carbocycles. The Bertz CT molecular complexity index is 293. The second-order valence-corrected chi connectivity index (χ2v) is 3.96. The smallest absolute Gasteiger partial charge is 0.226 e. The summed E-state index contributed by atoms with van der Waals surface area (Å²) in [6, 6.07) is 1.99. The van der Waals surface area contributed by atoms with Crippen molar-refractivity contribution < 1.29 is 0 Å². The van der Waals surface area contributed by atoms with Crippen molar-refractivity contribution in [2.24, 2.45) is 5.92 Å². The molecule has 0 aromatic carbocycles. The fraction of sp³-hybridized carbons (Fsp3) is 0.556. The second kappa shape index (κ2) is 4.46. The number of anilines is 2. The fourth-order valence-electron chi connectivity index (χ4n) is 0.909. The molecule has 0 spiro atoms. The van der Waals surface area contributed by atoms with E-state index in [1.165, 1.54) is 0 Å². The Labute approximate surface area is 88.9 Å². The zero-order valence-electron chi connectivity index (χ0n) is 8.58. The molecule has 1 heterocycles. The lowest BCUT2D eigenvalue weighted by Gasteiger charge is -2.17. The van der Waals surface area contributed by atoms with Gasteiger partial charge in [0, 0.05) is 12.1 Å². The Hall–Kier alpha value is -1.03. The van der Waals surface area contributed by atoms with Crippen molar-refractivity contribution in [2.75, 3.05) is 11.1 Å². The normalized spacial score (nSPS) is 12.9. The number of hydrogen-bond donors (Lipinski definition) is 2. The molecule has 0 fully saturated rings. The van der Waals surface area contributed by atoms with Crippen molar-refractivity contribution in [3.8, 4) is 0 Å². The zero-order valence-corrected chi connectivity index (χ0v) is 9.34. The SMILES string of the molecule is CC(C)[C@@H](C)Nc1cc(N)nc(Cl)n1. The van der Waals surface area contributed by atoms with Gasteiger partial charge in [-0.1, -0.05) is 13.8 Å². The lowest BCUT2D eigenvalue weighted by atomic mass is 10.1. The van der Waals surface area contributed by atoms with Gasteiger partial charge in [-0.05, 0) is 24.4 Å². The molecule has 4 nitrogen and oxygen atoms in total. The minimum atomic E-state index is 0.170. The Balaban J connectivity index is 2.76. The average Bonchev–Trinajstić information content (AvgIpc) is 2.01.